The minimum absolute atomic E-state index is 0.00622. The molecule has 0 saturated heterocycles. The fourth-order valence-electron chi connectivity index (χ4n) is 4.46. The third-order valence-electron chi connectivity index (χ3n) is 7.56. The number of nitrogens with zero attached hydrogens (tertiary/aromatic N) is 3. The molecule has 0 aliphatic heterocycles. The SMILES string of the molecule is O=C(NN=Cc1cc(O)ccc1O)c1ccc(Cl)c(Cl)c1.O=C(NN=Cc1cc(O)ccc1O)c1ccc(Cl)cc1.O=C(NN=Cc1cc(O)ccc1O)c1ccc(O)cc1. The second-order valence-corrected chi connectivity index (χ2v) is 13.3. The second kappa shape index (κ2) is 22.4. The Kier molecular flexibility index (Phi) is 16.8. The van der Waals surface area contributed by atoms with Crippen molar-refractivity contribution >= 4 is 71.2 Å². The number of carbonyl (C=O) groups excluding carboxylic acids is 3. The third-order valence-corrected chi connectivity index (χ3v) is 8.55. The first-order valence-corrected chi connectivity index (χ1v) is 18.3. The molecule has 16 nitrogen and oxygen atoms in total. The van der Waals surface area contributed by atoms with Gasteiger partial charge >= 0.3 is 0 Å². The van der Waals surface area contributed by atoms with Gasteiger partial charge in [-0.3, -0.25) is 14.4 Å². The van der Waals surface area contributed by atoms with Crippen LogP contribution in [0.5, 0.6) is 40.2 Å². The van der Waals surface area contributed by atoms with Crippen molar-refractivity contribution in [1.82, 2.24) is 16.3 Å². The zero-order valence-electron chi connectivity index (χ0n) is 31.1. The van der Waals surface area contributed by atoms with E-state index >= 15 is 0 Å². The molecule has 6 aromatic rings. The summed E-state index contributed by atoms with van der Waals surface area (Å²) in [7, 11) is 0. The fraction of sp³-hybridized carbons (Fsp3) is 0. The lowest BCUT2D eigenvalue weighted by molar-refractivity contribution is 0.0947. The molecular weight excluding hydrogens is 855 g/mol. The van der Waals surface area contributed by atoms with Crippen molar-refractivity contribution in [3.8, 4) is 40.2 Å². The second-order valence-electron chi connectivity index (χ2n) is 12.0. The number of phenols is 7. The van der Waals surface area contributed by atoms with Crippen molar-refractivity contribution < 1.29 is 50.1 Å². The van der Waals surface area contributed by atoms with Gasteiger partial charge in [0.15, 0.2) is 0 Å². The number of hydrogen-bond acceptors (Lipinski definition) is 13. The quantitative estimate of drug-likeness (QED) is 0.0395. The van der Waals surface area contributed by atoms with Crippen LogP contribution >= 0.6 is 34.8 Å². The molecule has 0 aromatic heterocycles. The van der Waals surface area contributed by atoms with Gasteiger partial charge in [0.2, 0.25) is 0 Å². The van der Waals surface area contributed by atoms with Crippen molar-refractivity contribution in [3.63, 3.8) is 0 Å². The highest BCUT2D eigenvalue weighted by Crippen LogP contribution is 2.24. The van der Waals surface area contributed by atoms with Gasteiger partial charge < -0.3 is 35.7 Å². The molecule has 61 heavy (non-hydrogen) atoms. The van der Waals surface area contributed by atoms with E-state index in [4.69, 9.17) is 39.9 Å². The molecule has 0 atom stereocenters. The maximum absolute atomic E-state index is 11.8. The molecule has 0 radical (unpaired) electrons. The van der Waals surface area contributed by atoms with Crippen molar-refractivity contribution in [2.75, 3.05) is 0 Å². The highest BCUT2D eigenvalue weighted by molar-refractivity contribution is 6.42. The molecule has 312 valence electrons. The van der Waals surface area contributed by atoms with Crippen LogP contribution < -0.4 is 16.3 Å². The van der Waals surface area contributed by atoms with Gasteiger partial charge in [-0.25, -0.2) is 16.3 Å². The van der Waals surface area contributed by atoms with Crippen LogP contribution in [0, 0.1) is 0 Å². The first-order valence-electron chi connectivity index (χ1n) is 17.2. The standard InChI is InChI=1S/C14H10Cl2N2O3.C14H11ClN2O3.C14H12N2O4/c15-11-3-1-8(6-12(11)16)14(21)18-17-7-9-5-10(19)2-4-13(9)20;15-11-3-1-9(2-4-11)14(20)17-16-8-10-7-12(18)5-6-13(10)19;17-11-3-1-9(2-4-11)14(20)16-15-8-10-7-12(18)5-6-13(10)19/h1-7,19-20H,(H,18,21);1-8,18-19H,(H,17,20);1-8,17-19H,(H,16,20). The van der Waals surface area contributed by atoms with Gasteiger partial charge in [-0.05, 0) is 121 Å². The molecular formula is C42H33Cl3N6O10. The summed E-state index contributed by atoms with van der Waals surface area (Å²) in [4.78, 5) is 35.2. The Bertz CT molecular complexity index is 2470. The van der Waals surface area contributed by atoms with Crippen LogP contribution in [-0.2, 0) is 0 Å². The van der Waals surface area contributed by atoms with Crippen molar-refractivity contribution in [3.05, 3.63) is 170 Å². The van der Waals surface area contributed by atoms with E-state index in [2.05, 4.69) is 31.6 Å². The molecule has 0 unspecified atom stereocenters. The van der Waals surface area contributed by atoms with Crippen molar-refractivity contribution in [2.45, 2.75) is 0 Å². The summed E-state index contributed by atoms with van der Waals surface area (Å²) in [6.07, 6.45) is 3.67. The van der Waals surface area contributed by atoms with E-state index in [0.29, 0.717) is 32.3 Å². The third kappa shape index (κ3) is 14.8. The summed E-state index contributed by atoms with van der Waals surface area (Å²) >= 11 is 17.3. The molecule has 0 bridgehead atoms. The van der Waals surface area contributed by atoms with Crippen LogP contribution in [0.4, 0.5) is 0 Å². The molecule has 19 heteroatoms. The van der Waals surface area contributed by atoms with Crippen molar-refractivity contribution in [1.29, 1.82) is 0 Å². The van der Waals surface area contributed by atoms with Gasteiger partial charge in [0.05, 0.1) is 28.7 Å². The lowest BCUT2D eigenvalue weighted by atomic mass is 10.2. The molecule has 3 amide bonds. The summed E-state index contributed by atoms with van der Waals surface area (Å²) in [5, 5.41) is 77.7. The molecule has 6 rings (SSSR count). The summed E-state index contributed by atoms with van der Waals surface area (Å²) < 4.78 is 0. The normalized spacial score (nSPS) is 10.7. The van der Waals surface area contributed by atoms with Crippen LogP contribution in [0.3, 0.4) is 0 Å². The fourth-order valence-corrected chi connectivity index (χ4v) is 4.89. The first-order chi connectivity index (χ1) is 29.1. The Morgan fingerprint density at radius 1 is 0.393 bits per heavy atom. The molecule has 10 N–H and O–H groups in total. The van der Waals surface area contributed by atoms with Crippen LogP contribution in [0.2, 0.25) is 15.1 Å². The highest BCUT2D eigenvalue weighted by Gasteiger charge is 2.08. The smallest absolute Gasteiger partial charge is 0.271 e. The number of hydrazone groups is 3. The Morgan fingerprint density at radius 2 is 0.721 bits per heavy atom. The molecule has 0 aliphatic carbocycles. The van der Waals surface area contributed by atoms with E-state index in [1.54, 1.807) is 24.3 Å². The summed E-state index contributed by atoms with van der Waals surface area (Å²) in [5.41, 5.74) is 8.73. The number of carbonyl (C=O) groups is 3. The first kappa shape index (κ1) is 45.9. The monoisotopic (exact) mass is 886 g/mol. The summed E-state index contributed by atoms with van der Waals surface area (Å²) in [6, 6.07) is 28.4. The molecule has 0 aliphatic rings. The Balaban J connectivity index is 0.000000202. The average Bonchev–Trinajstić information content (AvgIpc) is 3.23. The molecule has 0 spiro atoms. The summed E-state index contributed by atoms with van der Waals surface area (Å²) in [5.74, 6) is -1.51. The van der Waals surface area contributed by atoms with Crippen LogP contribution in [0.15, 0.2) is 137 Å². The maximum Gasteiger partial charge on any atom is 0.271 e. The summed E-state index contributed by atoms with van der Waals surface area (Å²) in [6.45, 7) is 0. The highest BCUT2D eigenvalue weighted by atomic mass is 35.5. The van der Waals surface area contributed by atoms with Crippen LogP contribution in [0.1, 0.15) is 47.8 Å². The lowest BCUT2D eigenvalue weighted by Crippen LogP contribution is -2.17. The van der Waals surface area contributed by atoms with E-state index in [1.165, 1.54) is 116 Å². The van der Waals surface area contributed by atoms with E-state index in [1.807, 2.05) is 0 Å². The zero-order valence-corrected chi connectivity index (χ0v) is 33.4. The molecule has 6 aromatic carbocycles. The molecule has 0 heterocycles. The molecule has 0 saturated carbocycles. The number of hydrogen-bond donors (Lipinski definition) is 10. The van der Waals surface area contributed by atoms with Gasteiger partial charge in [-0.1, -0.05) is 34.8 Å². The zero-order chi connectivity index (χ0) is 44.5. The van der Waals surface area contributed by atoms with Crippen LogP contribution in [-0.4, -0.2) is 72.1 Å². The van der Waals surface area contributed by atoms with Gasteiger partial charge in [-0.2, -0.15) is 15.3 Å². The van der Waals surface area contributed by atoms with Gasteiger partial charge in [0.1, 0.15) is 40.2 Å². The van der Waals surface area contributed by atoms with Gasteiger partial charge in [0, 0.05) is 38.4 Å². The largest absolute Gasteiger partial charge is 0.508 e. The number of aromatic hydroxyl groups is 7. The van der Waals surface area contributed by atoms with Gasteiger partial charge in [0.25, 0.3) is 17.7 Å². The molecule has 0 fully saturated rings. The number of phenolic OH excluding ortho intramolecular Hbond substituents is 7. The van der Waals surface area contributed by atoms with Gasteiger partial charge in [-0.15, -0.1) is 0 Å². The van der Waals surface area contributed by atoms with Crippen molar-refractivity contribution in [2.24, 2.45) is 15.3 Å². The Morgan fingerprint density at radius 3 is 1.10 bits per heavy atom. The number of nitrogens with one attached hydrogen (secondary N) is 3. The minimum atomic E-state index is -0.482. The topological polar surface area (TPSA) is 266 Å². The van der Waals surface area contributed by atoms with E-state index in [9.17, 15) is 45.0 Å². The number of rotatable bonds is 9. The Hall–Kier alpha value is -7.79. The number of halogens is 3. The van der Waals surface area contributed by atoms with E-state index in [-0.39, 0.29) is 56.4 Å². The van der Waals surface area contributed by atoms with Crippen LogP contribution in [0.25, 0.3) is 0 Å². The lowest BCUT2D eigenvalue weighted by Gasteiger charge is -2.02. The predicted octanol–water partition coefficient (Wildman–Crippen LogP) is 7.25. The average molecular weight is 888 g/mol. The van der Waals surface area contributed by atoms with E-state index in [0.717, 1.165) is 0 Å². The number of benzene rings is 6. The maximum atomic E-state index is 11.8. The van der Waals surface area contributed by atoms with E-state index < -0.39 is 17.7 Å². The predicted molar refractivity (Wildman–Crippen MR) is 231 cm³/mol. The number of amides is 3. The minimum Gasteiger partial charge on any atom is -0.508 e. The Labute approximate surface area is 361 Å².